The highest BCUT2D eigenvalue weighted by atomic mass is 16.5. The average Bonchev–Trinajstić information content (AvgIpc) is 2.57. The van der Waals surface area contributed by atoms with Gasteiger partial charge in [0.15, 0.2) is 0 Å². The average molecular weight is 242 g/mol. The maximum Gasteiger partial charge on any atom is 0.146 e. The third-order valence-electron chi connectivity index (χ3n) is 3.30. The van der Waals surface area contributed by atoms with Gasteiger partial charge in [-0.2, -0.15) is 0 Å². The van der Waals surface area contributed by atoms with E-state index < -0.39 is 0 Å². The minimum absolute atomic E-state index is 0.0660. The quantitative estimate of drug-likeness (QED) is 0.760. The van der Waals surface area contributed by atoms with E-state index in [0.717, 1.165) is 6.42 Å². The van der Waals surface area contributed by atoms with Gasteiger partial charge in [0.2, 0.25) is 0 Å². The van der Waals surface area contributed by atoms with E-state index in [4.69, 9.17) is 9.47 Å². The maximum atomic E-state index is 12.3. The number of Topliss-reactive ketones (excluding diaryl/α,β-unsaturated/α-hetero) is 1. The molecule has 0 N–H and O–H groups in total. The highest BCUT2D eigenvalue weighted by Crippen LogP contribution is 2.32. The lowest BCUT2D eigenvalue weighted by atomic mass is 9.80. The van der Waals surface area contributed by atoms with Crippen LogP contribution in [0.15, 0.2) is 0 Å². The SMILES string of the molecule is CO[C@@H]1[C@@H](C(=O)C(C)(C)C)CO[C@@H]1CC(C)C. The first-order valence-electron chi connectivity index (χ1n) is 6.46. The van der Waals surface area contributed by atoms with Gasteiger partial charge in [-0.1, -0.05) is 34.6 Å². The predicted molar refractivity (Wildman–Crippen MR) is 67.9 cm³/mol. The minimum Gasteiger partial charge on any atom is -0.378 e. The molecule has 100 valence electrons. The first-order valence-corrected chi connectivity index (χ1v) is 6.46. The zero-order valence-corrected chi connectivity index (χ0v) is 11.9. The standard InChI is InChI=1S/C14H26O3/c1-9(2)7-11-12(16-6)10(8-17-11)13(15)14(3,4)5/h9-12H,7-8H2,1-6H3/t10-,11+,12+/m0/s1. The lowest BCUT2D eigenvalue weighted by molar-refractivity contribution is -0.133. The molecule has 3 atom stereocenters. The topological polar surface area (TPSA) is 35.5 Å². The lowest BCUT2D eigenvalue weighted by Gasteiger charge is -2.26. The first-order chi connectivity index (χ1) is 7.77. The minimum atomic E-state index is -0.322. The summed E-state index contributed by atoms with van der Waals surface area (Å²) in [6.45, 7) is 10.7. The van der Waals surface area contributed by atoms with Crippen molar-refractivity contribution in [3.05, 3.63) is 0 Å². The van der Waals surface area contributed by atoms with Crippen LogP contribution in [0.3, 0.4) is 0 Å². The Morgan fingerprint density at radius 3 is 2.41 bits per heavy atom. The van der Waals surface area contributed by atoms with Crippen molar-refractivity contribution in [2.75, 3.05) is 13.7 Å². The second-order valence-electron chi connectivity index (χ2n) is 6.42. The zero-order chi connectivity index (χ0) is 13.2. The van der Waals surface area contributed by atoms with E-state index in [2.05, 4.69) is 13.8 Å². The Hall–Kier alpha value is -0.410. The third-order valence-corrected chi connectivity index (χ3v) is 3.30. The number of rotatable bonds is 4. The van der Waals surface area contributed by atoms with Crippen LogP contribution in [0.4, 0.5) is 0 Å². The number of methoxy groups -OCH3 is 1. The molecular formula is C14H26O3. The molecule has 0 radical (unpaired) electrons. The van der Waals surface area contributed by atoms with Crippen molar-refractivity contribution in [3.63, 3.8) is 0 Å². The fourth-order valence-corrected chi connectivity index (χ4v) is 2.44. The second-order valence-corrected chi connectivity index (χ2v) is 6.42. The molecule has 3 heteroatoms. The van der Waals surface area contributed by atoms with Crippen molar-refractivity contribution >= 4 is 5.78 Å². The van der Waals surface area contributed by atoms with Crippen LogP contribution in [-0.4, -0.2) is 31.7 Å². The molecule has 0 aromatic carbocycles. The highest BCUT2D eigenvalue weighted by Gasteiger charge is 2.44. The monoisotopic (exact) mass is 242 g/mol. The van der Waals surface area contributed by atoms with Crippen LogP contribution in [0.2, 0.25) is 0 Å². The molecule has 0 unspecified atom stereocenters. The number of hydrogen-bond acceptors (Lipinski definition) is 3. The zero-order valence-electron chi connectivity index (χ0n) is 11.9. The Labute approximate surface area is 105 Å². The molecule has 17 heavy (non-hydrogen) atoms. The van der Waals surface area contributed by atoms with Gasteiger partial charge in [-0.05, 0) is 12.3 Å². The Bertz CT molecular complexity index is 265. The van der Waals surface area contributed by atoms with Gasteiger partial charge < -0.3 is 9.47 Å². The van der Waals surface area contributed by atoms with E-state index in [1.807, 2.05) is 20.8 Å². The van der Waals surface area contributed by atoms with Crippen molar-refractivity contribution in [2.24, 2.45) is 17.3 Å². The van der Waals surface area contributed by atoms with E-state index in [1.165, 1.54) is 0 Å². The second kappa shape index (κ2) is 5.49. The van der Waals surface area contributed by atoms with Gasteiger partial charge in [0.05, 0.1) is 24.7 Å². The Morgan fingerprint density at radius 2 is 2.00 bits per heavy atom. The molecule has 0 aromatic rings. The van der Waals surface area contributed by atoms with Gasteiger partial charge in [0.25, 0.3) is 0 Å². The van der Waals surface area contributed by atoms with E-state index in [9.17, 15) is 4.79 Å². The number of ether oxygens (including phenoxy) is 2. The van der Waals surface area contributed by atoms with Crippen LogP contribution < -0.4 is 0 Å². The van der Waals surface area contributed by atoms with Crippen LogP contribution >= 0.6 is 0 Å². The fourth-order valence-electron chi connectivity index (χ4n) is 2.44. The number of ketones is 1. The van der Waals surface area contributed by atoms with Crippen LogP contribution in [0.25, 0.3) is 0 Å². The van der Waals surface area contributed by atoms with Crippen LogP contribution in [0, 0.1) is 17.3 Å². The summed E-state index contributed by atoms with van der Waals surface area (Å²) in [5.74, 6) is 0.695. The fraction of sp³-hybridized carbons (Fsp3) is 0.929. The molecule has 0 amide bonds. The Kier molecular flexibility index (Phi) is 4.73. The molecule has 1 fully saturated rings. The van der Waals surface area contributed by atoms with Gasteiger partial charge in [0, 0.05) is 12.5 Å². The van der Waals surface area contributed by atoms with E-state index in [1.54, 1.807) is 7.11 Å². The largest absolute Gasteiger partial charge is 0.378 e. The Morgan fingerprint density at radius 1 is 1.41 bits per heavy atom. The normalized spacial score (nSPS) is 29.9. The summed E-state index contributed by atoms with van der Waals surface area (Å²) in [7, 11) is 1.68. The molecule has 0 aliphatic carbocycles. The van der Waals surface area contributed by atoms with Crippen molar-refractivity contribution in [2.45, 2.75) is 53.2 Å². The molecule has 0 aromatic heterocycles. The summed E-state index contributed by atoms with van der Waals surface area (Å²) in [5, 5.41) is 0. The third kappa shape index (κ3) is 3.52. The lowest BCUT2D eigenvalue weighted by Crippen LogP contribution is -2.39. The molecule has 3 nitrogen and oxygen atoms in total. The number of carbonyl (C=O) groups is 1. The summed E-state index contributed by atoms with van der Waals surface area (Å²) in [6, 6.07) is 0. The smallest absolute Gasteiger partial charge is 0.146 e. The molecule has 0 bridgehead atoms. The van der Waals surface area contributed by atoms with Gasteiger partial charge >= 0.3 is 0 Å². The molecule has 1 rings (SSSR count). The predicted octanol–water partition coefficient (Wildman–Crippen LogP) is 2.68. The molecule has 0 saturated carbocycles. The van der Waals surface area contributed by atoms with Crippen molar-refractivity contribution in [1.82, 2.24) is 0 Å². The summed E-state index contributed by atoms with van der Waals surface area (Å²) in [6.07, 6.45) is 0.937. The summed E-state index contributed by atoms with van der Waals surface area (Å²) in [4.78, 5) is 12.3. The van der Waals surface area contributed by atoms with Gasteiger partial charge in [0.1, 0.15) is 5.78 Å². The van der Waals surface area contributed by atoms with Gasteiger partial charge in [-0.3, -0.25) is 4.79 Å². The summed E-state index contributed by atoms with van der Waals surface area (Å²) >= 11 is 0. The molecule has 1 aliphatic heterocycles. The van der Waals surface area contributed by atoms with Crippen molar-refractivity contribution < 1.29 is 14.3 Å². The molecular weight excluding hydrogens is 216 g/mol. The molecule has 1 heterocycles. The van der Waals surface area contributed by atoms with Crippen molar-refractivity contribution in [3.8, 4) is 0 Å². The van der Waals surface area contributed by atoms with Gasteiger partial charge in [-0.15, -0.1) is 0 Å². The highest BCUT2D eigenvalue weighted by molar-refractivity contribution is 5.86. The number of hydrogen-bond donors (Lipinski definition) is 0. The van der Waals surface area contributed by atoms with E-state index >= 15 is 0 Å². The van der Waals surface area contributed by atoms with Crippen LogP contribution in [-0.2, 0) is 14.3 Å². The molecule has 1 aliphatic rings. The Balaban J connectivity index is 2.73. The van der Waals surface area contributed by atoms with Gasteiger partial charge in [-0.25, -0.2) is 0 Å². The molecule has 1 saturated heterocycles. The summed E-state index contributed by atoms with van der Waals surface area (Å²) in [5.41, 5.74) is -0.322. The van der Waals surface area contributed by atoms with E-state index in [-0.39, 0.29) is 29.3 Å². The van der Waals surface area contributed by atoms with Crippen LogP contribution in [0.1, 0.15) is 41.0 Å². The van der Waals surface area contributed by atoms with Crippen molar-refractivity contribution in [1.29, 1.82) is 0 Å². The molecule has 0 spiro atoms. The van der Waals surface area contributed by atoms with Crippen LogP contribution in [0.5, 0.6) is 0 Å². The maximum absolute atomic E-state index is 12.3. The summed E-state index contributed by atoms with van der Waals surface area (Å²) < 4.78 is 11.3. The number of carbonyl (C=O) groups excluding carboxylic acids is 1. The van der Waals surface area contributed by atoms with E-state index in [0.29, 0.717) is 12.5 Å². The first kappa shape index (κ1) is 14.7.